The van der Waals surface area contributed by atoms with Crippen LogP contribution in [0.4, 0.5) is 4.39 Å². The minimum atomic E-state index is -1.72. The van der Waals surface area contributed by atoms with E-state index in [2.05, 4.69) is 0 Å². The molecule has 0 bridgehead atoms. The van der Waals surface area contributed by atoms with Gasteiger partial charge in [-0.1, -0.05) is 6.42 Å². The smallest absolute Gasteiger partial charge is 0.344 e. The lowest BCUT2D eigenvalue weighted by Gasteiger charge is -2.30. The average Bonchev–Trinajstić information content (AvgIpc) is 2.02. The highest BCUT2D eigenvalue weighted by atomic mass is 19.1. The SMILES string of the molecule is CC(C)(C)OC(=O)C1(F)CCCCC1. The molecular weight excluding hydrogens is 183 g/mol. The fourth-order valence-corrected chi connectivity index (χ4v) is 1.69. The molecule has 1 aliphatic rings. The van der Waals surface area contributed by atoms with E-state index in [-0.39, 0.29) is 0 Å². The molecule has 1 rings (SSSR count). The van der Waals surface area contributed by atoms with Gasteiger partial charge >= 0.3 is 5.97 Å². The Balaban J connectivity index is 2.58. The highest BCUT2D eigenvalue weighted by Crippen LogP contribution is 2.33. The summed E-state index contributed by atoms with van der Waals surface area (Å²) in [4.78, 5) is 11.5. The Morgan fingerprint density at radius 1 is 1.21 bits per heavy atom. The molecule has 0 atom stereocenters. The van der Waals surface area contributed by atoms with Crippen molar-refractivity contribution in [2.45, 2.75) is 64.1 Å². The summed E-state index contributed by atoms with van der Waals surface area (Å²) in [5.74, 6) is -0.676. The maximum Gasteiger partial charge on any atom is 0.344 e. The molecule has 2 nitrogen and oxygen atoms in total. The predicted octanol–water partition coefficient (Wildman–Crippen LogP) is 3.00. The molecular formula is C11H19FO2. The van der Waals surface area contributed by atoms with Crippen molar-refractivity contribution in [3.05, 3.63) is 0 Å². The van der Waals surface area contributed by atoms with Gasteiger partial charge in [0.2, 0.25) is 5.67 Å². The second-order valence-corrected chi connectivity index (χ2v) is 5.03. The van der Waals surface area contributed by atoms with Crippen molar-refractivity contribution in [2.24, 2.45) is 0 Å². The van der Waals surface area contributed by atoms with Crippen molar-refractivity contribution < 1.29 is 13.9 Å². The third kappa shape index (κ3) is 2.96. The summed E-state index contributed by atoms with van der Waals surface area (Å²) < 4.78 is 19.1. The molecule has 0 aliphatic heterocycles. The Morgan fingerprint density at radius 2 is 1.71 bits per heavy atom. The molecule has 0 unspecified atom stereocenters. The minimum Gasteiger partial charge on any atom is -0.458 e. The van der Waals surface area contributed by atoms with Gasteiger partial charge in [0.05, 0.1) is 0 Å². The van der Waals surface area contributed by atoms with E-state index in [1.165, 1.54) is 0 Å². The molecule has 14 heavy (non-hydrogen) atoms. The molecule has 1 aliphatic carbocycles. The quantitative estimate of drug-likeness (QED) is 0.611. The van der Waals surface area contributed by atoms with Crippen LogP contribution in [0.2, 0.25) is 0 Å². The van der Waals surface area contributed by atoms with Crippen LogP contribution in [0.3, 0.4) is 0 Å². The molecule has 1 fully saturated rings. The second kappa shape index (κ2) is 3.87. The summed E-state index contributed by atoms with van der Waals surface area (Å²) in [6.45, 7) is 5.28. The van der Waals surface area contributed by atoms with Crippen molar-refractivity contribution in [3.63, 3.8) is 0 Å². The Kier molecular flexibility index (Phi) is 3.17. The van der Waals surface area contributed by atoms with E-state index < -0.39 is 17.2 Å². The molecule has 0 spiro atoms. The lowest BCUT2D eigenvalue weighted by atomic mass is 9.86. The second-order valence-electron chi connectivity index (χ2n) is 5.03. The third-order valence-electron chi connectivity index (χ3n) is 2.41. The van der Waals surface area contributed by atoms with Crippen LogP contribution in [0.15, 0.2) is 0 Å². The van der Waals surface area contributed by atoms with Crippen LogP contribution in [0, 0.1) is 0 Å². The fourth-order valence-electron chi connectivity index (χ4n) is 1.69. The number of carbonyl (C=O) groups is 1. The molecule has 0 aromatic rings. The van der Waals surface area contributed by atoms with E-state index in [1.54, 1.807) is 20.8 Å². The highest BCUT2D eigenvalue weighted by Gasteiger charge is 2.42. The Bertz CT molecular complexity index is 212. The maximum atomic E-state index is 14.0. The Hall–Kier alpha value is -0.600. The molecule has 0 radical (unpaired) electrons. The summed E-state index contributed by atoms with van der Waals surface area (Å²) >= 11 is 0. The van der Waals surface area contributed by atoms with Crippen molar-refractivity contribution in [1.82, 2.24) is 0 Å². The molecule has 0 N–H and O–H groups in total. The number of esters is 1. The van der Waals surface area contributed by atoms with Gasteiger partial charge in [0.25, 0.3) is 0 Å². The topological polar surface area (TPSA) is 26.3 Å². The van der Waals surface area contributed by atoms with Crippen LogP contribution in [-0.2, 0) is 9.53 Å². The predicted molar refractivity (Wildman–Crippen MR) is 52.8 cm³/mol. The van der Waals surface area contributed by atoms with E-state index in [4.69, 9.17) is 4.74 Å². The standard InChI is InChI=1S/C11H19FO2/c1-10(2,3)14-9(13)11(12)7-5-4-6-8-11/h4-8H2,1-3H3. The zero-order valence-corrected chi connectivity index (χ0v) is 9.23. The van der Waals surface area contributed by atoms with Crippen LogP contribution >= 0.6 is 0 Å². The van der Waals surface area contributed by atoms with E-state index in [0.29, 0.717) is 12.8 Å². The Morgan fingerprint density at radius 3 is 2.14 bits per heavy atom. The van der Waals surface area contributed by atoms with Crippen molar-refractivity contribution in [1.29, 1.82) is 0 Å². The normalized spacial score (nSPS) is 21.7. The number of ether oxygens (including phenoxy) is 1. The first kappa shape index (κ1) is 11.5. The van der Waals surface area contributed by atoms with Gasteiger partial charge < -0.3 is 4.74 Å². The zero-order chi connectivity index (χ0) is 10.8. The summed E-state index contributed by atoms with van der Waals surface area (Å²) in [5.41, 5.74) is -2.31. The van der Waals surface area contributed by atoms with Crippen LogP contribution < -0.4 is 0 Å². The first-order chi connectivity index (χ1) is 6.33. The summed E-state index contributed by atoms with van der Waals surface area (Å²) in [6.07, 6.45) is 3.24. The average molecular weight is 202 g/mol. The fraction of sp³-hybridized carbons (Fsp3) is 0.909. The number of hydrogen-bond acceptors (Lipinski definition) is 2. The molecule has 1 saturated carbocycles. The Labute approximate surface area is 84.8 Å². The number of alkyl halides is 1. The molecule has 0 aromatic carbocycles. The van der Waals surface area contributed by atoms with Gasteiger partial charge in [0.1, 0.15) is 5.60 Å². The van der Waals surface area contributed by atoms with Gasteiger partial charge in [-0.3, -0.25) is 0 Å². The van der Waals surface area contributed by atoms with Gasteiger partial charge in [-0.15, -0.1) is 0 Å². The molecule has 82 valence electrons. The monoisotopic (exact) mass is 202 g/mol. The lowest BCUT2D eigenvalue weighted by Crippen LogP contribution is -2.41. The molecule has 0 amide bonds. The van der Waals surface area contributed by atoms with Crippen LogP contribution in [0.1, 0.15) is 52.9 Å². The summed E-state index contributed by atoms with van der Waals surface area (Å²) in [6, 6.07) is 0. The van der Waals surface area contributed by atoms with Gasteiger partial charge in [0.15, 0.2) is 0 Å². The number of carbonyl (C=O) groups excluding carboxylic acids is 1. The number of rotatable bonds is 1. The van der Waals surface area contributed by atoms with Gasteiger partial charge in [-0.05, 0) is 46.5 Å². The van der Waals surface area contributed by atoms with Crippen LogP contribution in [-0.4, -0.2) is 17.2 Å². The first-order valence-corrected chi connectivity index (χ1v) is 5.26. The molecule has 0 saturated heterocycles. The largest absolute Gasteiger partial charge is 0.458 e. The highest BCUT2D eigenvalue weighted by molar-refractivity contribution is 5.79. The van der Waals surface area contributed by atoms with Gasteiger partial charge in [0, 0.05) is 0 Å². The van der Waals surface area contributed by atoms with E-state index in [9.17, 15) is 9.18 Å². The minimum absolute atomic E-state index is 0.321. The molecule has 0 heterocycles. The van der Waals surface area contributed by atoms with E-state index in [0.717, 1.165) is 19.3 Å². The van der Waals surface area contributed by atoms with Crippen molar-refractivity contribution in [3.8, 4) is 0 Å². The summed E-state index contributed by atoms with van der Waals surface area (Å²) in [7, 11) is 0. The number of hydrogen-bond donors (Lipinski definition) is 0. The van der Waals surface area contributed by atoms with Crippen molar-refractivity contribution >= 4 is 5.97 Å². The van der Waals surface area contributed by atoms with E-state index in [1.807, 2.05) is 0 Å². The lowest BCUT2D eigenvalue weighted by molar-refractivity contribution is -0.171. The van der Waals surface area contributed by atoms with E-state index >= 15 is 0 Å². The zero-order valence-electron chi connectivity index (χ0n) is 9.23. The maximum absolute atomic E-state index is 14.0. The van der Waals surface area contributed by atoms with Gasteiger partial charge in [-0.2, -0.15) is 0 Å². The number of halogens is 1. The molecule has 3 heteroatoms. The third-order valence-corrected chi connectivity index (χ3v) is 2.41. The van der Waals surface area contributed by atoms with Crippen LogP contribution in [0.5, 0.6) is 0 Å². The first-order valence-electron chi connectivity index (χ1n) is 5.26. The molecule has 0 aromatic heterocycles. The van der Waals surface area contributed by atoms with Crippen LogP contribution in [0.25, 0.3) is 0 Å². The van der Waals surface area contributed by atoms with Crippen molar-refractivity contribution in [2.75, 3.05) is 0 Å². The van der Waals surface area contributed by atoms with Gasteiger partial charge in [-0.25, -0.2) is 9.18 Å². The summed E-state index contributed by atoms with van der Waals surface area (Å²) in [5, 5.41) is 0.